The summed E-state index contributed by atoms with van der Waals surface area (Å²) in [6.45, 7) is 8.55. The molecule has 4 heteroatoms. The van der Waals surface area contributed by atoms with E-state index in [1.165, 1.54) is 0 Å². The lowest BCUT2D eigenvalue weighted by Crippen LogP contribution is -2.32. The van der Waals surface area contributed by atoms with E-state index in [9.17, 15) is 4.79 Å². The van der Waals surface area contributed by atoms with Crippen LogP contribution < -0.4 is 5.32 Å². The van der Waals surface area contributed by atoms with Gasteiger partial charge in [-0.05, 0) is 12.3 Å². The van der Waals surface area contributed by atoms with Gasteiger partial charge < -0.3 is 9.84 Å². The van der Waals surface area contributed by atoms with Crippen molar-refractivity contribution in [3.63, 3.8) is 0 Å². The molecule has 0 spiro atoms. The van der Waals surface area contributed by atoms with Crippen LogP contribution in [0.4, 0.5) is 0 Å². The lowest BCUT2D eigenvalue weighted by atomic mass is 9.97. The predicted molar refractivity (Wildman–Crippen MR) is 53.0 cm³/mol. The third-order valence-electron chi connectivity index (χ3n) is 1.64. The number of carbonyl (C=O) groups excluding carboxylic acids is 1. The highest BCUT2D eigenvalue weighted by Gasteiger charge is 2.15. The highest BCUT2D eigenvalue weighted by Crippen LogP contribution is 2.10. The summed E-state index contributed by atoms with van der Waals surface area (Å²) in [7, 11) is 0. The van der Waals surface area contributed by atoms with Crippen LogP contribution in [0.3, 0.4) is 0 Å². The van der Waals surface area contributed by atoms with Gasteiger partial charge in [0.1, 0.15) is 5.76 Å². The number of rotatable bonds is 2. The van der Waals surface area contributed by atoms with Crippen molar-refractivity contribution in [2.45, 2.75) is 27.7 Å². The zero-order valence-electron chi connectivity index (χ0n) is 9.05. The van der Waals surface area contributed by atoms with Crippen molar-refractivity contribution in [2.75, 3.05) is 6.54 Å². The zero-order chi connectivity index (χ0) is 10.8. The fourth-order valence-electron chi connectivity index (χ4n) is 0.909. The number of hydrogen-bond donors (Lipinski definition) is 1. The van der Waals surface area contributed by atoms with E-state index < -0.39 is 0 Å². The van der Waals surface area contributed by atoms with Crippen LogP contribution in [0, 0.1) is 12.3 Å². The molecule has 1 aromatic rings. The monoisotopic (exact) mass is 196 g/mol. The first kappa shape index (κ1) is 10.8. The Bertz CT molecular complexity index is 323. The van der Waals surface area contributed by atoms with Crippen LogP contribution in [0.1, 0.15) is 37.0 Å². The summed E-state index contributed by atoms with van der Waals surface area (Å²) < 4.78 is 4.81. The Hall–Kier alpha value is -1.32. The topological polar surface area (TPSA) is 55.1 Å². The summed E-state index contributed by atoms with van der Waals surface area (Å²) in [4.78, 5) is 11.5. The maximum atomic E-state index is 11.5. The van der Waals surface area contributed by atoms with Crippen LogP contribution in [0.2, 0.25) is 0 Å². The number of carbonyl (C=O) groups is 1. The van der Waals surface area contributed by atoms with Crippen molar-refractivity contribution in [3.8, 4) is 0 Å². The molecule has 0 aromatic carbocycles. The van der Waals surface area contributed by atoms with Crippen LogP contribution in [0.5, 0.6) is 0 Å². The lowest BCUT2D eigenvalue weighted by molar-refractivity contribution is 0.0930. The molecule has 0 saturated heterocycles. The summed E-state index contributed by atoms with van der Waals surface area (Å²) in [5, 5.41) is 6.42. The van der Waals surface area contributed by atoms with E-state index in [4.69, 9.17) is 4.52 Å². The molecule has 0 aliphatic heterocycles. The summed E-state index contributed by atoms with van der Waals surface area (Å²) in [6.07, 6.45) is 0. The van der Waals surface area contributed by atoms with Crippen LogP contribution in [0.15, 0.2) is 10.6 Å². The molecule has 0 atom stereocenters. The fraction of sp³-hybridized carbons (Fsp3) is 0.600. The van der Waals surface area contributed by atoms with Gasteiger partial charge in [0.2, 0.25) is 0 Å². The maximum absolute atomic E-state index is 11.5. The summed E-state index contributed by atoms with van der Waals surface area (Å²) in [6, 6.07) is 1.62. The number of aryl methyl sites for hydroxylation is 1. The highest BCUT2D eigenvalue weighted by molar-refractivity contribution is 5.92. The molecule has 0 bridgehead atoms. The number of hydrogen-bond acceptors (Lipinski definition) is 3. The van der Waals surface area contributed by atoms with E-state index in [0.717, 1.165) is 0 Å². The number of nitrogens with one attached hydrogen (secondary N) is 1. The molecule has 78 valence electrons. The molecule has 1 rings (SSSR count). The minimum atomic E-state index is -0.184. The molecule has 1 heterocycles. The van der Waals surface area contributed by atoms with Gasteiger partial charge in [-0.1, -0.05) is 25.9 Å². The van der Waals surface area contributed by atoms with Gasteiger partial charge >= 0.3 is 0 Å². The summed E-state index contributed by atoms with van der Waals surface area (Å²) in [5.74, 6) is 0.461. The van der Waals surface area contributed by atoms with Crippen LogP contribution >= 0.6 is 0 Å². The molecule has 0 unspecified atom stereocenters. The number of amides is 1. The van der Waals surface area contributed by atoms with Crippen molar-refractivity contribution in [1.82, 2.24) is 10.5 Å². The SMILES string of the molecule is Cc1cc(C(=O)NCC(C)(C)C)no1. The third-order valence-corrected chi connectivity index (χ3v) is 1.64. The first-order valence-electron chi connectivity index (χ1n) is 4.60. The normalized spacial score (nSPS) is 11.4. The van der Waals surface area contributed by atoms with E-state index in [1.807, 2.05) is 0 Å². The van der Waals surface area contributed by atoms with E-state index >= 15 is 0 Å². The van der Waals surface area contributed by atoms with Crippen molar-refractivity contribution in [2.24, 2.45) is 5.41 Å². The second-order valence-electron chi connectivity index (χ2n) is 4.57. The maximum Gasteiger partial charge on any atom is 0.273 e. The second-order valence-corrected chi connectivity index (χ2v) is 4.57. The molecule has 1 amide bonds. The van der Waals surface area contributed by atoms with Crippen LogP contribution in [-0.4, -0.2) is 17.6 Å². The summed E-state index contributed by atoms with van der Waals surface area (Å²) >= 11 is 0. The predicted octanol–water partition coefficient (Wildman–Crippen LogP) is 1.76. The van der Waals surface area contributed by atoms with Crippen molar-refractivity contribution < 1.29 is 9.32 Å². The zero-order valence-corrected chi connectivity index (χ0v) is 9.05. The Morgan fingerprint density at radius 2 is 2.21 bits per heavy atom. The minimum absolute atomic E-state index is 0.0778. The van der Waals surface area contributed by atoms with Crippen molar-refractivity contribution in [1.29, 1.82) is 0 Å². The molecule has 1 N–H and O–H groups in total. The minimum Gasteiger partial charge on any atom is -0.361 e. The average Bonchev–Trinajstić information content (AvgIpc) is 2.46. The Balaban J connectivity index is 2.52. The molecule has 4 nitrogen and oxygen atoms in total. The first-order chi connectivity index (χ1) is 6.38. The van der Waals surface area contributed by atoms with E-state index in [-0.39, 0.29) is 11.3 Å². The van der Waals surface area contributed by atoms with Crippen LogP contribution in [-0.2, 0) is 0 Å². The molecule has 0 aliphatic carbocycles. The molecule has 1 aromatic heterocycles. The van der Waals surface area contributed by atoms with Gasteiger partial charge in [0.15, 0.2) is 5.69 Å². The third kappa shape index (κ3) is 3.20. The molecule has 0 fully saturated rings. The number of aromatic nitrogens is 1. The molecule has 0 radical (unpaired) electrons. The first-order valence-corrected chi connectivity index (χ1v) is 4.60. The van der Waals surface area contributed by atoms with Gasteiger partial charge in [0.25, 0.3) is 5.91 Å². The fourth-order valence-corrected chi connectivity index (χ4v) is 0.909. The van der Waals surface area contributed by atoms with E-state index in [1.54, 1.807) is 13.0 Å². The second kappa shape index (κ2) is 3.82. The average molecular weight is 196 g/mol. The largest absolute Gasteiger partial charge is 0.361 e. The smallest absolute Gasteiger partial charge is 0.273 e. The Morgan fingerprint density at radius 1 is 1.57 bits per heavy atom. The molecule has 14 heavy (non-hydrogen) atoms. The molecular formula is C10H16N2O2. The number of nitrogens with zero attached hydrogens (tertiary/aromatic N) is 1. The quantitative estimate of drug-likeness (QED) is 0.784. The molecule has 0 saturated carbocycles. The lowest BCUT2D eigenvalue weighted by Gasteiger charge is -2.17. The molecular weight excluding hydrogens is 180 g/mol. The Labute approximate surface area is 83.7 Å². The van der Waals surface area contributed by atoms with E-state index in [0.29, 0.717) is 18.0 Å². The van der Waals surface area contributed by atoms with Gasteiger partial charge in [-0.15, -0.1) is 0 Å². The highest BCUT2D eigenvalue weighted by atomic mass is 16.5. The van der Waals surface area contributed by atoms with Gasteiger partial charge in [0.05, 0.1) is 0 Å². The van der Waals surface area contributed by atoms with Gasteiger partial charge in [-0.25, -0.2) is 0 Å². The van der Waals surface area contributed by atoms with Gasteiger partial charge in [-0.2, -0.15) is 0 Å². The van der Waals surface area contributed by atoms with Crippen LogP contribution in [0.25, 0.3) is 0 Å². The molecule has 0 aliphatic rings. The summed E-state index contributed by atoms with van der Waals surface area (Å²) in [5.41, 5.74) is 0.417. The van der Waals surface area contributed by atoms with E-state index in [2.05, 4.69) is 31.2 Å². The van der Waals surface area contributed by atoms with Gasteiger partial charge in [0, 0.05) is 12.6 Å². The van der Waals surface area contributed by atoms with Gasteiger partial charge in [-0.3, -0.25) is 4.79 Å². The Kier molecular flexibility index (Phi) is 2.93. The Morgan fingerprint density at radius 3 is 2.64 bits per heavy atom. The van der Waals surface area contributed by atoms with Crippen molar-refractivity contribution in [3.05, 3.63) is 17.5 Å². The standard InChI is InChI=1S/C10H16N2O2/c1-7-5-8(12-14-7)9(13)11-6-10(2,3)4/h5H,6H2,1-4H3,(H,11,13). The van der Waals surface area contributed by atoms with Crippen molar-refractivity contribution >= 4 is 5.91 Å².